The minimum atomic E-state index is 0.00369. The van der Waals surface area contributed by atoms with Crippen LogP contribution in [-0.4, -0.2) is 24.0 Å². The zero-order valence-corrected chi connectivity index (χ0v) is 14.1. The Labute approximate surface area is 141 Å². The number of aryl methyl sites for hydroxylation is 2. The van der Waals surface area contributed by atoms with E-state index in [-0.39, 0.29) is 5.91 Å². The molecule has 4 heteroatoms. The van der Waals surface area contributed by atoms with Crippen LogP contribution in [-0.2, 0) is 11.2 Å². The van der Waals surface area contributed by atoms with Gasteiger partial charge in [-0.25, -0.2) is 0 Å². The van der Waals surface area contributed by atoms with Crippen LogP contribution in [0.2, 0.25) is 0 Å². The van der Waals surface area contributed by atoms with E-state index >= 15 is 0 Å². The number of benzene rings is 2. The first-order chi connectivity index (χ1) is 11.6. The number of H-pyrrole nitrogens is 1. The monoisotopic (exact) mass is 322 g/mol. The summed E-state index contributed by atoms with van der Waals surface area (Å²) in [6.45, 7) is 5.04. The highest BCUT2D eigenvalue weighted by atomic mass is 16.5. The molecule has 3 rings (SSSR count). The van der Waals surface area contributed by atoms with Crippen molar-refractivity contribution in [3.63, 3.8) is 0 Å². The highest BCUT2D eigenvalue weighted by Gasteiger charge is 2.08. The largest absolute Gasteiger partial charge is 0.491 e. The molecular weight excluding hydrogens is 300 g/mol. The molecule has 1 aromatic heterocycles. The number of nitrogens with one attached hydrogen (secondary N) is 2. The van der Waals surface area contributed by atoms with Gasteiger partial charge in [-0.05, 0) is 37.1 Å². The van der Waals surface area contributed by atoms with Crippen molar-refractivity contribution in [2.75, 3.05) is 13.2 Å². The number of para-hydroxylation sites is 1. The van der Waals surface area contributed by atoms with Gasteiger partial charge in [0.1, 0.15) is 12.4 Å². The highest BCUT2D eigenvalue weighted by molar-refractivity contribution is 5.88. The molecule has 0 unspecified atom stereocenters. The third-order valence-corrected chi connectivity index (χ3v) is 4.04. The van der Waals surface area contributed by atoms with Crippen LogP contribution in [0.3, 0.4) is 0 Å². The average Bonchev–Trinajstić information content (AvgIpc) is 2.96. The molecule has 0 aliphatic carbocycles. The lowest BCUT2D eigenvalue weighted by atomic mass is 10.1. The maximum Gasteiger partial charge on any atom is 0.224 e. The summed E-state index contributed by atoms with van der Waals surface area (Å²) in [5.74, 6) is 0.871. The number of carbonyl (C=O) groups is 1. The van der Waals surface area contributed by atoms with Gasteiger partial charge in [-0.15, -0.1) is 0 Å². The molecule has 0 fully saturated rings. The molecule has 2 aromatic carbocycles. The van der Waals surface area contributed by atoms with Crippen LogP contribution in [0.25, 0.3) is 10.9 Å². The van der Waals surface area contributed by atoms with E-state index in [1.54, 1.807) is 0 Å². The fraction of sp³-hybridized carbons (Fsp3) is 0.250. The molecule has 0 radical (unpaired) electrons. The lowest BCUT2D eigenvalue weighted by molar-refractivity contribution is -0.120. The minimum Gasteiger partial charge on any atom is -0.491 e. The maximum atomic E-state index is 12.1. The first-order valence-corrected chi connectivity index (χ1v) is 8.15. The molecule has 0 spiro atoms. The van der Waals surface area contributed by atoms with Crippen molar-refractivity contribution in [2.24, 2.45) is 0 Å². The van der Waals surface area contributed by atoms with Crippen LogP contribution in [0, 0.1) is 13.8 Å². The molecule has 0 bridgehead atoms. The van der Waals surface area contributed by atoms with Gasteiger partial charge >= 0.3 is 0 Å². The van der Waals surface area contributed by atoms with Crippen molar-refractivity contribution in [2.45, 2.75) is 20.3 Å². The number of carbonyl (C=O) groups excluding carboxylic acids is 1. The van der Waals surface area contributed by atoms with E-state index in [0.717, 1.165) is 27.8 Å². The number of hydrogen-bond acceptors (Lipinski definition) is 2. The second-order valence-corrected chi connectivity index (χ2v) is 6.00. The smallest absolute Gasteiger partial charge is 0.224 e. The standard InChI is InChI=1S/C20H22N2O2/c1-14-7-8-19(15(2)11-14)24-10-9-21-20(23)12-16-13-22-18-6-4-3-5-17(16)18/h3-8,11,13,22H,9-10,12H2,1-2H3,(H,21,23). The Bertz CT molecular complexity index is 852. The molecule has 0 saturated heterocycles. The number of hydrogen-bond donors (Lipinski definition) is 2. The number of ether oxygens (including phenoxy) is 1. The van der Waals surface area contributed by atoms with Gasteiger partial charge in [0.2, 0.25) is 5.91 Å². The van der Waals surface area contributed by atoms with Crippen molar-refractivity contribution < 1.29 is 9.53 Å². The van der Waals surface area contributed by atoms with Crippen molar-refractivity contribution in [1.29, 1.82) is 0 Å². The van der Waals surface area contributed by atoms with E-state index in [4.69, 9.17) is 4.74 Å². The molecular formula is C20H22N2O2. The molecule has 2 N–H and O–H groups in total. The van der Waals surface area contributed by atoms with Gasteiger partial charge in [-0.1, -0.05) is 35.9 Å². The van der Waals surface area contributed by atoms with Crippen molar-refractivity contribution >= 4 is 16.8 Å². The molecule has 0 aliphatic heterocycles. The second-order valence-electron chi connectivity index (χ2n) is 6.00. The van der Waals surface area contributed by atoms with E-state index < -0.39 is 0 Å². The Hall–Kier alpha value is -2.75. The fourth-order valence-corrected chi connectivity index (χ4v) is 2.83. The predicted molar refractivity (Wildman–Crippen MR) is 96.4 cm³/mol. The lowest BCUT2D eigenvalue weighted by Crippen LogP contribution is -2.29. The quantitative estimate of drug-likeness (QED) is 0.682. The summed E-state index contributed by atoms with van der Waals surface area (Å²) in [6, 6.07) is 14.1. The Kier molecular flexibility index (Phi) is 4.85. The van der Waals surface area contributed by atoms with Gasteiger partial charge < -0.3 is 15.0 Å². The Morgan fingerprint density at radius 1 is 1.17 bits per heavy atom. The van der Waals surface area contributed by atoms with Gasteiger partial charge in [0.15, 0.2) is 0 Å². The van der Waals surface area contributed by atoms with Gasteiger partial charge in [0.05, 0.1) is 13.0 Å². The summed E-state index contributed by atoms with van der Waals surface area (Å²) in [5, 5.41) is 4.01. The summed E-state index contributed by atoms with van der Waals surface area (Å²) >= 11 is 0. The van der Waals surface area contributed by atoms with Gasteiger partial charge in [-0.2, -0.15) is 0 Å². The van der Waals surface area contributed by atoms with E-state index in [1.165, 1.54) is 5.56 Å². The molecule has 24 heavy (non-hydrogen) atoms. The molecule has 1 heterocycles. The molecule has 4 nitrogen and oxygen atoms in total. The number of rotatable bonds is 6. The first-order valence-electron chi connectivity index (χ1n) is 8.15. The summed E-state index contributed by atoms with van der Waals surface area (Å²) in [7, 11) is 0. The van der Waals surface area contributed by atoms with Crippen LogP contribution >= 0.6 is 0 Å². The molecule has 1 amide bonds. The molecule has 0 atom stereocenters. The van der Waals surface area contributed by atoms with Crippen LogP contribution in [0.4, 0.5) is 0 Å². The molecule has 3 aromatic rings. The number of fused-ring (bicyclic) bond motifs is 1. The Morgan fingerprint density at radius 2 is 2.00 bits per heavy atom. The summed E-state index contributed by atoms with van der Waals surface area (Å²) < 4.78 is 5.73. The number of amides is 1. The van der Waals surface area contributed by atoms with Crippen LogP contribution in [0.15, 0.2) is 48.7 Å². The molecule has 0 aliphatic rings. The van der Waals surface area contributed by atoms with Crippen LogP contribution in [0.1, 0.15) is 16.7 Å². The Balaban J connectivity index is 1.47. The lowest BCUT2D eigenvalue weighted by Gasteiger charge is -2.10. The highest BCUT2D eigenvalue weighted by Crippen LogP contribution is 2.19. The first kappa shape index (κ1) is 16.1. The number of aromatic nitrogens is 1. The second kappa shape index (κ2) is 7.21. The van der Waals surface area contributed by atoms with E-state index in [9.17, 15) is 4.79 Å². The van der Waals surface area contributed by atoms with Gasteiger partial charge in [-0.3, -0.25) is 4.79 Å². The van der Waals surface area contributed by atoms with Gasteiger partial charge in [0.25, 0.3) is 0 Å². The third-order valence-electron chi connectivity index (χ3n) is 4.04. The third kappa shape index (κ3) is 3.77. The van der Waals surface area contributed by atoms with E-state index in [1.807, 2.05) is 49.5 Å². The fourth-order valence-electron chi connectivity index (χ4n) is 2.83. The summed E-state index contributed by atoms with van der Waals surface area (Å²) in [4.78, 5) is 15.3. The number of aromatic amines is 1. The summed E-state index contributed by atoms with van der Waals surface area (Å²) in [6.07, 6.45) is 2.27. The topological polar surface area (TPSA) is 54.1 Å². The van der Waals surface area contributed by atoms with Crippen molar-refractivity contribution in [3.8, 4) is 5.75 Å². The van der Waals surface area contributed by atoms with Crippen molar-refractivity contribution in [3.05, 3.63) is 65.4 Å². The maximum absolute atomic E-state index is 12.1. The van der Waals surface area contributed by atoms with Crippen molar-refractivity contribution in [1.82, 2.24) is 10.3 Å². The average molecular weight is 322 g/mol. The normalized spacial score (nSPS) is 10.8. The van der Waals surface area contributed by atoms with E-state index in [0.29, 0.717) is 19.6 Å². The Morgan fingerprint density at radius 3 is 2.83 bits per heavy atom. The minimum absolute atomic E-state index is 0.00369. The zero-order valence-electron chi connectivity index (χ0n) is 14.1. The van der Waals surface area contributed by atoms with Crippen LogP contribution in [0.5, 0.6) is 5.75 Å². The molecule has 0 saturated carbocycles. The summed E-state index contributed by atoms with van der Waals surface area (Å²) in [5.41, 5.74) is 4.39. The SMILES string of the molecule is Cc1ccc(OCCNC(=O)Cc2c[nH]c3ccccc23)c(C)c1. The zero-order chi connectivity index (χ0) is 16.9. The van der Waals surface area contributed by atoms with Gasteiger partial charge in [0, 0.05) is 17.1 Å². The predicted octanol–water partition coefficient (Wildman–Crippen LogP) is 3.52. The van der Waals surface area contributed by atoms with E-state index in [2.05, 4.69) is 23.3 Å². The van der Waals surface area contributed by atoms with Crippen LogP contribution < -0.4 is 10.1 Å². The molecule has 124 valence electrons.